The van der Waals surface area contributed by atoms with Gasteiger partial charge in [0.2, 0.25) is 0 Å². The molecule has 1 unspecified atom stereocenters. The molecule has 1 aliphatic rings. The molecule has 5 rings (SSSR count). The maximum atomic E-state index is 13.6. The van der Waals surface area contributed by atoms with E-state index in [1.165, 1.54) is 17.8 Å². The molecular weight excluding hydrogens is 372 g/mol. The highest BCUT2D eigenvalue weighted by molar-refractivity contribution is 8.02. The number of aromatic amines is 1. The van der Waals surface area contributed by atoms with Crippen molar-refractivity contribution in [3.05, 3.63) is 103 Å². The van der Waals surface area contributed by atoms with Crippen molar-refractivity contribution < 1.29 is 4.92 Å². The zero-order valence-electron chi connectivity index (χ0n) is 14.6. The van der Waals surface area contributed by atoms with Crippen molar-refractivity contribution in [3.8, 4) is 0 Å². The topological polar surface area (TPSA) is 76.0 Å². The molecule has 0 aliphatic carbocycles. The van der Waals surface area contributed by atoms with E-state index in [2.05, 4.69) is 4.98 Å². The summed E-state index contributed by atoms with van der Waals surface area (Å²) in [6, 6.07) is 18.1. The van der Waals surface area contributed by atoms with E-state index in [0.29, 0.717) is 10.9 Å². The molecule has 1 atom stereocenters. The van der Waals surface area contributed by atoms with Gasteiger partial charge in [-0.2, -0.15) is 0 Å². The van der Waals surface area contributed by atoms with Crippen LogP contribution < -0.4 is 5.43 Å². The van der Waals surface area contributed by atoms with Crippen LogP contribution in [-0.2, 0) is 0 Å². The summed E-state index contributed by atoms with van der Waals surface area (Å²) in [5.41, 5.74) is 3.94. The molecule has 28 heavy (non-hydrogen) atoms. The summed E-state index contributed by atoms with van der Waals surface area (Å²) in [5.74, 6) is 0. The molecule has 5 nitrogen and oxygen atoms in total. The van der Waals surface area contributed by atoms with Crippen LogP contribution >= 0.6 is 11.8 Å². The Morgan fingerprint density at radius 2 is 1.86 bits per heavy atom. The second-order valence-corrected chi connectivity index (χ2v) is 7.68. The van der Waals surface area contributed by atoms with Crippen molar-refractivity contribution in [2.45, 2.75) is 5.25 Å². The van der Waals surface area contributed by atoms with Gasteiger partial charge in [0.1, 0.15) is 0 Å². The van der Waals surface area contributed by atoms with Gasteiger partial charge in [0, 0.05) is 28.6 Å². The molecular formula is C22H14N2O3S. The molecule has 136 valence electrons. The lowest BCUT2D eigenvalue weighted by atomic mass is 9.99. The fourth-order valence-corrected chi connectivity index (χ4v) is 4.85. The first-order chi connectivity index (χ1) is 13.6. The molecule has 1 aromatic heterocycles. The fraction of sp³-hybridized carbons (Fsp3) is 0.0455. The minimum absolute atomic E-state index is 0.0270. The number of hydrogen-bond donors (Lipinski definition) is 1. The Kier molecular flexibility index (Phi) is 3.80. The van der Waals surface area contributed by atoms with Crippen LogP contribution in [0.1, 0.15) is 21.9 Å². The van der Waals surface area contributed by atoms with Gasteiger partial charge in [-0.25, -0.2) is 0 Å². The Labute approximate surface area is 163 Å². The van der Waals surface area contributed by atoms with E-state index < -0.39 is 4.92 Å². The van der Waals surface area contributed by atoms with Gasteiger partial charge >= 0.3 is 0 Å². The van der Waals surface area contributed by atoms with Crippen molar-refractivity contribution in [2.24, 2.45) is 0 Å². The predicted molar refractivity (Wildman–Crippen MR) is 114 cm³/mol. The number of rotatable bonds is 2. The molecule has 1 N–H and O–H groups in total. The average molecular weight is 386 g/mol. The number of thioether (sulfide) groups is 1. The molecule has 0 spiro atoms. The molecule has 0 radical (unpaired) electrons. The smallest absolute Gasteiger partial charge is 0.269 e. The van der Waals surface area contributed by atoms with Crippen molar-refractivity contribution in [1.82, 2.24) is 4.98 Å². The van der Waals surface area contributed by atoms with E-state index in [1.54, 1.807) is 12.1 Å². The summed E-state index contributed by atoms with van der Waals surface area (Å²) in [6.07, 6.45) is 1.93. The van der Waals surface area contributed by atoms with Crippen LogP contribution in [0.2, 0.25) is 0 Å². The molecule has 0 saturated carbocycles. The molecule has 0 amide bonds. The molecule has 2 heterocycles. The van der Waals surface area contributed by atoms with Crippen molar-refractivity contribution >= 4 is 45.3 Å². The maximum Gasteiger partial charge on any atom is 0.269 e. The second kappa shape index (κ2) is 6.35. The summed E-state index contributed by atoms with van der Waals surface area (Å²) in [4.78, 5) is 27.8. The van der Waals surface area contributed by atoms with Crippen LogP contribution in [0, 0.1) is 10.1 Å². The number of non-ortho nitro benzene ring substituents is 1. The lowest BCUT2D eigenvalue weighted by Crippen LogP contribution is -2.14. The van der Waals surface area contributed by atoms with Gasteiger partial charge in [-0.1, -0.05) is 36.4 Å². The van der Waals surface area contributed by atoms with Crippen LogP contribution in [0.3, 0.4) is 0 Å². The number of nitro benzene ring substituents is 1. The Hall–Kier alpha value is -3.38. The summed E-state index contributed by atoms with van der Waals surface area (Å²) >= 11 is 1.49. The highest BCUT2D eigenvalue weighted by atomic mass is 32.2. The number of hydrogen-bond acceptors (Lipinski definition) is 4. The number of nitrogens with zero attached hydrogens (tertiary/aromatic N) is 1. The number of fused-ring (bicyclic) bond motifs is 4. The average Bonchev–Trinajstić information content (AvgIpc) is 3.03. The lowest BCUT2D eigenvalue weighted by molar-refractivity contribution is -0.384. The molecule has 0 bridgehead atoms. The monoisotopic (exact) mass is 386 g/mol. The molecule has 0 saturated heterocycles. The maximum absolute atomic E-state index is 13.6. The Bertz CT molecular complexity index is 1360. The highest BCUT2D eigenvalue weighted by Gasteiger charge is 2.25. The van der Waals surface area contributed by atoms with E-state index in [9.17, 15) is 14.9 Å². The fourth-order valence-electron chi connectivity index (χ4n) is 3.78. The first-order valence-electron chi connectivity index (χ1n) is 8.77. The van der Waals surface area contributed by atoms with E-state index in [-0.39, 0.29) is 16.4 Å². The molecule has 6 heteroatoms. The zero-order chi connectivity index (χ0) is 19.3. The number of nitrogens with one attached hydrogen (secondary N) is 1. The van der Waals surface area contributed by atoms with Gasteiger partial charge < -0.3 is 4.98 Å². The molecule has 3 aromatic carbocycles. The Balaban J connectivity index is 1.83. The summed E-state index contributed by atoms with van der Waals surface area (Å²) < 4.78 is 0. The Morgan fingerprint density at radius 1 is 1.00 bits per heavy atom. The van der Waals surface area contributed by atoms with Crippen molar-refractivity contribution in [2.75, 3.05) is 0 Å². The molecule has 0 fully saturated rings. The van der Waals surface area contributed by atoms with Gasteiger partial charge in [0.25, 0.3) is 5.69 Å². The van der Waals surface area contributed by atoms with Crippen LogP contribution in [0.25, 0.3) is 27.9 Å². The third kappa shape index (κ3) is 2.53. The van der Waals surface area contributed by atoms with Gasteiger partial charge in [0.15, 0.2) is 5.43 Å². The van der Waals surface area contributed by atoms with Gasteiger partial charge in [-0.05, 0) is 34.7 Å². The van der Waals surface area contributed by atoms with Crippen LogP contribution in [0.15, 0.2) is 70.9 Å². The zero-order valence-corrected chi connectivity index (χ0v) is 15.4. The van der Waals surface area contributed by atoms with Crippen LogP contribution in [0.5, 0.6) is 0 Å². The largest absolute Gasteiger partial charge is 0.354 e. The first-order valence-corrected chi connectivity index (χ1v) is 9.72. The minimum atomic E-state index is -0.408. The Morgan fingerprint density at radius 3 is 2.71 bits per heavy atom. The third-order valence-corrected chi connectivity index (χ3v) is 6.13. The standard InChI is InChI=1S/C22H14N2O3S/c25-21-19-13(8-9-18-20(21)16-6-1-2-7-17(16)23-18)10-11-28-22(19)14-4-3-5-15(12-14)24(26)27/h1-12,22-23H. The summed E-state index contributed by atoms with van der Waals surface area (Å²) in [7, 11) is 0. The van der Waals surface area contributed by atoms with E-state index in [0.717, 1.165) is 27.5 Å². The number of aromatic nitrogens is 1. The van der Waals surface area contributed by atoms with Crippen molar-refractivity contribution in [1.29, 1.82) is 0 Å². The van der Waals surface area contributed by atoms with Gasteiger partial charge in [-0.3, -0.25) is 14.9 Å². The number of nitro groups is 1. The third-order valence-electron chi connectivity index (χ3n) is 5.06. The molecule has 4 aromatic rings. The van der Waals surface area contributed by atoms with Gasteiger partial charge in [-0.15, -0.1) is 11.8 Å². The molecule has 1 aliphatic heterocycles. The van der Waals surface area contributed by atoms with E-state index >= 15 is 0 Å². The van der Waals surface area contributed by atoms with Crippen molar-refractivity contribution in [3.63, 3.8) is 0 Å². The predicted octanol–water partition coefficient (Wildman–Crippen LogP) is 5.40. The van der Waals surface area contributed by atoms with E-state index in [4.69, 9.17) is 0 Å². The number of para-hydroxylation sites is 1. The van der Waals surface area contributed by atoms with Gasteiger partial charge in [0.05, 0.1) is 21.1 Å². The van der Waals surface area contributed by atoms with Crippen LogP contribution in [-0.4, -0.2) is 9.91 Å². The second-order valence-electron chi connectivity index (χ2n) is 6.66. The number of H-pyrrole nitrogens is 1. The minimum Gasteiger partial charge on any atom is -0.354 e. The SMILES string of the molecule is O=c1c2c(ccc3[nH]c4ccccc4c13)C=CSC2c1cccc([N+](=O)[O-])c1. The quantitative estimate of drug-likeness (QED) is 0.370. The van der Waals surface area contributed by atoms with E-state index in [1.807, 2.05) is 53.9 Å². The summed E-state index contributed by atoms with van der Waals surface area (Å²) in [6.45, 7) is 0. The lowest BCUT2D eigenvalue weighted by Gasteiger charge is -2.19. The highest BCUT2D eigenvalue weighted by Crippen LogP contribution is 2.42. The van der Waals surface area contributed by atoms with Crippen LogP contribution in [0.4, 0.5) is 5.69 Å². The number of benzene rings is 2. The first kappa shape index (κ1) is 16.8. The normalized spacial score (nSPS) is 15.6. The summed E-state index contributed by atoms with van der Waals surface area (Å²) in [5, 5.41) is 14.4.